The number of carbonyl (C=O) groups excluding carboxylic acids is 1. The van der Waals surface area contributed by atoms with Crippen molar-refractivity contribution in [2.24, 2.45) is 0 Å². The summed E-state index contributed by atoms with van der Waals surface area (Å²) in [6.07, 6.45) is 1.17. The molecule has 7 heteroatoms. The Bertz CT molecular complexity index is 1840. The minimum absolute atomic E-state index is 0. The Labute approximate surface area is 239 Å². The molecule has 0 unspecified atom stereocenters. The Morgan fingerprint density at radius 2 is 1.64 bits per heavy atom. The number of aliphatic hydroxyl groups is 1. The molecule has 4 heterocycles. The van der Waals surface area contributed by atoms with E-state index >= 15 is 0 Å². The number of pyridine rings is 2. The zero-order valence-electron chi connectivity index (χ0n) is 22.3. The topological polar surface area (TPSA) is 89.4 Å². The van der Waals surface area contributed by atoms with E-state index in [-0.39, 0.29) is 31.6 Å². The molecule has 0 bridgehead atoms. The summed E-state index contributed by atoms with van der Waals surface area (Å²) in [6.45, 7) is 8.99. The Kier molecular flexibility index (Phi) is 8.14. The van der Waals surface area contributed by atoms with Crippen molar-refractivity contribution in [3.63, 3.8) is 0 Å². The number of carbonyl (C=O) groups is 1. The van der Waals surface area contributed by atoms with Crippen molar-refractivity contribution < 1.29 is 38.8 Å². The van der Waals surface area contributed by atoms with Crippen LogP contribution >= 0.6 is 0 Å². The van der Waals surface area contributed by atoms with Gasteiger partial charge in [-0.05, 0) is 70.6 Å². The van der Waals surface area contributed by atoms with Gasteiger partial charge in [0.15, 0.2) is 11.4 Å². The fourth-order valence-electron chi connectivity index (χ4n) is 4.52. The summed E-state index contributed by atoms with van der Waals surface area (Å²) >= 11 is 0. The van der Waals surface area contributed by atoms with Crippen LogP contribution in [0.3, 0.4) is 0 Å². The van der Waals surface area contributed by atoms with Gasteiger partial charge in [-0.15, -0.1) is 18.2 Å². The van der Waals surface area contributed by atoms with Crippen molar-refractivity contribution in [2.45, 2.75) is 34.6 Å². The zero-order chi connectivity index (χ0) is 27.0. The number of ketones is 1. The van der Waals surface area contributed by atoms with Crippen molar-refractivity contribution in [1.82, 2.24) is 9.97 Å². The molecule has 0 aliphatic rings. The maximum atomic E-state index is 10.0. The van der Waals surface area contributed by atoms with Crippen LogP contribution in [0.1, 0.15) is 30.7 Å². The molecule has 1 radical (unpaired) electrons. The van der Waals surface area contributed by atoms with Gasteiger partial charge >= 0.3 is 0 Å². The van der Waals surface area contributed by atoms with Gasteiger partial charge in [0.25, 0.3) is 0 Å². The number of allylic oxidation sites excluding steroid dienone is 2. The van der Waals surface area contributed by atoms with Crippen molar-refractivity contribution >= 4 is 39.0 Å². The quantitative estimate of drug-likeness (QED) is 0.114. The second-order valence-electron chi connectivity index (χ2n) is 9.47. The number of benzene rings is 2. The molecule has 39 heavy (non-hydrogen) atoms. The number of aliphatic hydroxyl groups excluding tert-OH is 1. The average molecular weight is 696 g/mol. The van der Waals surface area contributed by atoms with Gasteiger partial charge in [0.2, 0.25) is 5.71 Å². The third-order valence-electron chi connectivity index (χ3n) is 5.99. The number of hydrogen-bond acceptors (Lipinski definition) is 6. The van der Waals surface area contributed by atoms with Gasteiger partial charge in [-0.25, -0.2) is 4.98 Å². The van der Waals surface area contributed by atoms with Crippen LogP contribution in [0.15, 0.2) is 81.3 Å². The molecule has 6 aromatic rings. The van der Waals surface area contributed by atoms with E-state index in [4.69, 9.17) is 18.9 Å². The smallest absolute Gasteiger partial charge is 0.216 e. The number of nitrogens with zero attached hydrogens (tertiary/aromatic N) is 2. The minimum Gasteiger partial charge on any atom is -0.512 e. The molecule has 6 rings (SSSR count). The van der Waals surface area contributed by atoms with Gasteiger partial charge in [-0.3, -0.25) is 9.78 Å². The van der Waals surface area contributed by atoms with E-state index in [0.717, 1.165) is 55.7 Å². The van der Waals surface area contributed by atoms with Gasteiger partial charge < -0.3 is 13.9 Å². The van der Waals surface area contributed by atoms with E-state index in [1.807, 2.05) is 43.3 Å². The van der Waals surface area contributed by atoms with Crippen molar-refractivity contribution in [3.8, 4) is 22.6 Å². The van der Waals surface area contributed by atoms with E-state index in [2.05, 4.69) is 49.2 Å². The first-order valence-electron chi connectivity index (χ1n) is 12.3. The first-order valence-corrected chi connectivity index (χ1v) is 12.3. The summed E-state index contributed by atoms with van der Waals surface area (Å²) in [6, 6.07) is 23.6. The molecule has 0 saturated heterocycles. The van der Waals surface area contributed by atoms with Crippen LogP contribution in [0.4, 0.5) is 0 Å². The zero-order valence-corrected chi connectivity index (χ0v) is 24.6. The molecule has 0 amide bonds. The Morgan fingerprint density at radius 1 is 0.897 bits per heavy atom. The second-order valence-corrected chi connectivity index (χ2v) is 9.47. The molecule has 0 spiro atoms. The predicted molar refractivity (Wildman–Crippen MR) is 150 cm³/mol. The van der Waals surface area contributed by atoms with Crippen LogP contribution in [0, 0.1) is 26.8 Å². The monoisotopic (exact) mass is 696 g/mol. The largest absolute Gasteiger partial charge is 0.512 e. The van der Waals surface area contributed by atoms with Crippen LogP contribution < -0.4 is 0 Å². The molecule has 2 aromatic carbocycles. The fourth-order valence-corrected chi connectivity index (χ4v) is 4.52. The van der Waals surface area contributed by atoms with Crippen LogP contribution in [-0.2, 0) is 24.9 Å². The van der Waals surface area contributed by atoms with Crippen molar-refractivity contribution in [2.75, 3.05) is 0 Å². The molecule has 0 aliphatic carbocycles. The van der Waals surface area contributed by atoms with Crippen molar-refractivity contribution in [3.05, 3.63) is 95.4 Å². The number of furan rings is 2. The Hall–Kier alpha value is -4.06. The van der Waals surface area contributed by atoms with Crippen LogP contribution in [0.25, 0.3) is 55.7 Å². The van der Waals surface area contributed by atoms with Crippen LogP contribution in [-0.4, -0.2) is 20.9 Å². The maximum absolute atomic E-state index is 10.0. The van der Waals surface area contributed by atoms with Crippen molar-refractivity contribution in [1.29, 1.82) is 0 Å². The summed E-state index contributed by atoms with van der Waals surface area (Å²) < 4.78 is 12.2. The molecular formula is C32H27IrN2O4-. The van der Waals surface area contributed by atoms with Gasteiger partial charge in [-0.1, -0.05) is 34.2 Å². The number of aromatic nitrogens is 2. The van der Waals surface area contributed by atoms with Gasteiger partial charge in [-0.2, -0.15) is 0 Å². The third-order valence-corrected chi connectivity index (χ3v) is 5.99. The van der Waals surface area contributed by atoms with Gasteiger partial charge in [0.1, 0.15) is 5.76 Å². The molecule has 0 saturated carbocycles. The standard InChI is InChI=1S/C27H19N2O2.C5H8O2.Ir/c1-15-11-16(2)13-18(12-15)25-14-23-24(30-25)10-9-22(29-23)21-6-4-5-19-20-8-7-17(3)28-27(20)31-26(19)21;1-4(6)3-5(2)7;/h4-5,7-14H,1-3H3;3,6H,1-2H3;/q-1;;/b;4-3-;. The molecule has 199 valence electrons. The van der Waals surface area contributed by atoms with E-state index in [1.165, 1.54) is 31.1 Å². The molecule has 0 aliphatic heterocycles. The summed E-state index contributed by atoms with van der Waals surface area (Å²) in [5, 5.41) is 10.4. The normalized spacial score (nSPS) is 11.4. The van der Waals surface area contributed by atoms with E-state index < -0.39 is 0 Å². The molecular weight excluding hydrogens is 669 g/mol. The Balaban J connectivity index is 0.000000394. The summed E-state index contributed by atoms with van der Waals surface area (Å²) in [7, 11) is 0. The SMILES string of the molecule is CC(=O)/C=C(/C)O.Cc1cc(C)cc(-c2cc3nc(-c4[c-]ccc5c4oc4nc(C)ccc45)ccc3o2)c1.[Ir]. The average Bonchev–Trinajstić information content (AvgIpc) is 3.43. The number of fused-ring (bicyclic) bond motifs is 4. The number of aryl methyl sites for hydroxylation is 3. The second kappa shape index (κ2) is 11.4. The number of rotatable bonds is 3. The summed E-state index contributed by atoms with van der Waals surface area (Å²) in [5.41, 5.74) is 8.97. The fraction of sp³-hybridized carbons (Fsp3) is 0.156. The van der Waals surface area contributed by atoms with E-state index in [9.17, 15) is 4.79 Å². The molecule has 1 N–H and O–H groups in total. The first kappa shape index (κ1) is 28.0. The Morgan fingerprint density at radius 3 is 2.31 bits per heavy atom. The molecule has 0 fully saturated rings. The number of hydrogen-bond donors (Lipinski definition) is 1. The predicted octanol–water partition coefficient (Wildman–Crippen LogP) is 8.22. The minimum atomic E-state index is -0.125. The van der Waals surface area contributed by atoms with E-state index in [1.54, 1.807) is 0 Å². The summed E-state index contributed by atoms with van der Waals surface area (Å²) in [4.78, 5) is 19.4. The maximum Gasteiger partial charge on any atom is 0.216 e. The molecule has 6 nitrogen and oxygen atoms in total. The summed E-state index contributed by atoms with van der Waals surface area (Å²) in [5.74, 6) is 0.754. The third kappa shape index (κ3) is 6.00. The van der Waals surface area contributed by atoms with E-state index in [0.29, 0.717) is 5.71 Å². The van der Waals surface area contributed by atoms with Gasteiger partial charge in [0.05, 0.1) is 16.9 Å². The molecule has 0 atom stereocenters. The first-order chi connectivity index (χ1) is 18.2. The van der Waals surface area contributed by atoms with Crippen LogP contribution in [0.5, 0.6) is 0 Å². The van der Waals surface area contributed by atoms with Gasteiger partial charge in [0, 0.05) is 48.9 Å². The molecule has 4 aromatic heterocycles. The van der Waals surface area contributed by atoms with Crippen LogP contribution in [0.2, 0.25) is 0 Å².